The molecule has 0 bridgehead atoms. The van der Waals surface area contributed by atoms with Gasteiger partial charge in [-0.2, -0.15) is 0 Å². The van der Waals surface area contributed by atoms with Gasteiger partial charge >= 0.3 is 11.9 Å². The van der Waals surface area contributed by atoms with Gasteiger partial charge in [0.25, 0.3) is 0 Å². The van der Waals surface area contributed by atoms with E-state index in [1.165, 1.54) is 11.1 Å². The molecule has 244 valence electrons. The van der Waals surface area contributed by atoms with Gasteiger partial charge in [0.15, 0.2) is 24.8 Å². The molecule has 14 nitrogen and oxygen atoms in total. The Kier molecular flexibility index (Phi) is 18.8. The SMILES string of the molecule is C(=C\c1cc[nH+]cc1)/c1cc[nH+]cc1.C(=C\c1ccncc1)/c1ccncc1.O=C(O)CCP(=O)([O-])O.O=C(O)CCP(=O)([O-])O. The predicted molar refractivity (Wildman–Crippen MR) is 166 cm³/mol. The van der Waals surface area contributed by atoms with Gasteiger partial charge in [0.2, 0.25) is 0 Å². The van der Waals surface area contributed by atoms with Gasteiger partial charge in [0.1, 0.15) is 15.2 Å². The molecule has 0 aliphatic carbocycles. The van der Waals surface area contributed by atoms with Crippen LogP contribution in [0.1, 0.15) is 35.1 Å². The van der Waals surface area contributed by atoms with Crippen molar-refractivity contribution in [3.8, 4) is 0 Å². The van der Waals surface area contributed by atoms with E-state index in [4.69, 9.17) is 20.0 Å². The van der Waals surface area contributed by atoms with Crippen LogP contribution in [-0.2, 0) is 18.7 Å². The van der Waals surface area contributed by atoms with Crippen molar-refractivity contribution in [3.05, 3.63) is 120 Å². The monoisotopic (exact) mass is 672 g/mol. The van der Waals surface area contributed by atoms with Crippen LogP contribution in [0.2, 0.25) is 0 Å². The minimum absolute atomic E-state index is 0.544. The molecule has 46 heavy (non-hydrogen) atoms. The molecular formula is C30H34N4O10P2. The second-order valence-electron chi connectivity index (χ2n) is 8.90. The number of pyridine rings is 4. The molecule has 4 aromatic rings. The maximum Gasteiger partial charge on any atom is 0.303 e. The fraction of sp³-hybridized carbons (Fsp3) is 0.133. The van der Waals surface area contributed by atoms with Crippen molar-refractivity contribution in [3.63, 3.8) is 0 Å². The summed E-state index contributed by atoms with van der Waals surface area (Å²) in [5, 5.41) is 15.8. The third-order valence-electron chi connectivity index (χ3n) is 5.05. The zero-order chi connectivity index (χ0) is 34.3. The second kappa shape index (κ2) is 21.9. The lowest BCUT2D eigenvalue weighted by atomic mass is 10.2. The van der Waals surface area contributed by atoms with Gasteiger partial charge in [-0.3, -0.25) is 19.6 Å². The van der Waals surface area contributed by atoms with Gasteiger partial charge in [-0.25, -0.2) is 9.97 Å². The Morgan fingerprint density at radius 1 is 0.587 bits per heavy atom. The maximum absolute atomic E-state index is 9.86. The number of hydrogen-bond donors (Lipinski definition) is 4. The number of carboxylic acid groups (broad SMARTS) is 2. The summed E-state index contributed by atoms with van der Waals surface area (Å²) in [7, 11) is -8.70. The molecule has 2 atom stereocenters. The zero-order valence-electron chi connectivity index (χ0n) is 24.4. The molecular weight excluding hydrogens is 638 g/mol. The molecule has 4 aromatic heterocycles. The van der Waals surface area contributed by atoms with Gasteiger partial charge < -0.3 is 38.9 Å². The molecule has 0 aliphatic heterocycles. The summed E-state index contributed by atoms with van der Waals surface area (Å²) in [5.74, 6) is -2.47. The van der Waals surface area contributed by atoms with E-state index in [0.29, 0.717) is 0 Å². The number of aromatic amines is 2. The summed E-state index contributed by atoms with van der Waals surface area (Å²) >= 11 is 0. The first kappa shape index (κ1) is 39.3. The van der Waals surface area contributed by atoms with E-state index in [9.17, 15) is 28.5 Å². The van der Waals surface area contributed by atoms with Crippen LogP contribution in [0, 0.1) is 0 Å². The Bertz CT molecular complexity index is 1380. The molecule has 4 rings (SSSR count). The highest BCUT2D eigenvalue weighted by Gasteiger charge is 2.05. The Labute approximate surface area is 265 Å². The van der Waals surface area contributed by atoms with Gasteiger partial charge in [0, 0.05) is 61.4 Å². The number of carboxylic acids is 2. The van der Waals surface area contributed by atoms with Gasteiger partial charge in [-0.15, -0.1) is 0 Å². The lowest BCUT2D eigenvalue weighted by molar-refractivity contribution is -0.378. The number of nitrogens with one attached hydrogen (secondary N) is 2. The largest absolute Gasteiger partial charge is 0.779 e. The van der Waals surface area contributed by atoms with Gasteiger partial charge in [0.05, 0.1) is 12.8 Å². The first-order valence-corrected chi connectivity index (χ1v) is 16.8. The van der Waals surface area contributed by atoms with E-state index < -0.39 is 52.3 Å². The van der Waals surface area contributed by atoms with E-state index in [1.54, 1.807) is 24.8 Å². The van der Waals surface area contributed by atoms with Gasteiger partial charge in [-0.1, -0.05) is 24.3 Å². The molecule has 2 unspecified atom stereocenters. The van der Waals surface area contributed by atoms with Crippen molar-refractivity contribution in [1.29, 1.82) is 0 Å². The summed E-state index contributed by atoms with van der Waals surface area (Å²) < 4.78 is 19.7. The number of rotatable bonds is 10. The van der Waals surface area contributed by atoms with Crippen molar-refractivity contribution in [2.24, 2.45) is 0 Å². The smallest absolute Gasteiger partial charge is 0.303 e. The fourth-order valence-electron chi connectivity index (χ4n) is 2.83. The van der Waals surface area contributed by atoms with E-state index in [0.717, 1.165) is 11.1 Å². The molecule has 16 heteroatoms. The summed E-state index contributed by atoms with van der Waals surface area (Å²) in [6.45, 7) is 0. The fourth-order valence-corrected chi connectivity index (χ4v) is 3.78. The van der Waals surface area contributed by atoms with E-state index in [2.05, 4.69) is 44.2 Å². The summed E-state index contributed by atoms with van der Waals surface area (Å²) in [5.41, 5.74) is 4.68. The highest BCUT2D eigenvalue weighted by molar-refractivity contribution is 7.50. The lowest BCUT2D eigenvalue weighted by Crippen LogP contribution is -2.07. The number of carbonyl (C=O) groups is 2. The van der Waals surface area contributed by atoms with Crippen LogP contribution >= 0.6 is 15.2 Å². The topological polar surface area (TPSA) is 249 Å². The molecule has 0 aliphatic rings. The number of hydrogen-bond acceptors (Lipinski definition) is 8. The average Bonchev–Trinajstić information content (AvgIpc) is 3.03. The molecule has 0 saturated heterocycles. The Hall–Kier alpha value is -4.68. The number of aliphatic carboxylic acids is 2. The normalized spacial score (nSPS) is 13.0. The standard InChI is InChI=1S/2C12H10N2.2C3H7O5P/c2*1(11-3-7-13-8-4-11)2-12-5-9-14-10-6-12;2*4-3(5)1-2-9(6,7)8/h2*1-10H;2*1-2H2,(H,4,5)(H2,6,7,8)/b2*2-1+;;. The second-order valence-corrected chi connectivity index (χ2v) is 12.3. The first-order valence-electron chi connectivity index (χ1n) is 13.3. The molecule has 0 amide bonds. The third kappa shape index (κ3) is 23.7. The highest BCUT2D eigenvalue weighted by Crippen LogP contribution is 2.29. The van der Waals surface area contributed by atoms with Crippen LogP contribution in [0.15, 0.2) is 98.1 Å². The van der Waals surface area contributed by atoms with Gasteiger partial charge in [-0.05, 0) is 46.5 Å². The quantitative estimate of drug-likeness (QED) is 0.177. The minimum Gasteiger partial charge on any atom is -0.779 e. The number of aromatic nitrogens is 4. The van der Waals surface area contributed by atoms with Crippen molar-refractivity contribution < 1.29 is 58.5 Å². The van der Waals surface area contributed by atoms with Crippen molar-refractivity contribution in [1.82, 2.24) is 9.97 Å². The molecule has 6 N–H and O–H groups in total. The zero-order valence-corrected chi connectivity index (χ0v) is 26.2. The van der Waals surface area contributed by atoms with E-state index in [1.807, 2.05) is 73.3 Å². The van der Waals surface area contributed by atoms with Crippen LogP contribution in [-0.4, -0.2) is 54.2 Å². The number of nitrogens with zero attached hydrogens (tertiary/aromatic N) is 2. The summed E-state index contributed by atoms with van der Waals surface area (Å²) in [6.07, 6.45) is 20.6. The van der Waals surface area contributed by atoms with Crippen molar-refractivity contribution in [2.75, 3.05) is 12.3 Å². The number of H-pyrrole nitrogens is 2. The van der Waals surface area contributed by atoms with Crippen molar-refractivity contribution >= 4 is 51.4 Å². The first-order chi connectivity index (χ1) is 21.7. The van der Waals surface area contributed by atoms with Crippen LogP contribution in [0.4, 0.5) is 0 Å². The van der Waals surface area contributed by atoms with Crippen LogP contribution < -0.4 is 19.8 Å². The van der Waals surface area contributed by atoms with Crippen LogP contribution in [0.5, 0.6) is 0 Å². The van der Waals surface area contributed by atoms with E-state index >= 15 is 0 Å². The van der Waals surface area contributed by atoms with Crippen LogP contribution in [0.25, 0.3) is 24.3 Å². The molecule has 0 spiro atoms. The highest BCUT2D eigenvalue weighted by atomic mass is 31.2. The molecule has 0 aromatic carbocycles. The Morgan fingerprint density at radius 3 is 1.07 bits per heavy atom. The third-order valence-corrected chi connectivity index (χ3v) is 6.63. The molecule has 0 fully saturated rings. The lowest BCUT2D eigenvalue weighted by Gasteiger charge is -2.12. The van der Waals surface area contributed by atoms with Crippen LogP contribution in [0.3, 0.4) is 0 Å². The average molecular weight is 673 g/mol. The molecule has 4 heterocycles. The minimum atomic E-state index is -4.35. The molecule has 0 radical (unpaired) electrons. The molecule has 0 saturated carbocycles. The Balaban J connectivity index is 0.000000315. The van der Waals surface area contributed by atoms with Crippen molar-refractivity contribution in [2.45, 2.75) is 12.8 Å². The Morgan fingerprint density at radius 2 is 0.848 bits per heavy atom. The summed E-state index contributed by atoms with van der Waals surface area (Å²) in [4.78, 5) is 69.0. The maximum atomic E-state index is 9.86. The predicted octanol–water partition coefficient (Wildman–Crippen LogP) is 2.15. The summed E-state index contributed by atoms with van der Waals surface area (Å²) in [6, 6.07) is 16.0. The van der Waals surface area contributed by atoms with E-state index in [-0.39, 0.29) is 0 Å².